The van der Waals surface area contributed by atoms with Crippen molar-refractivity contribution in [3.63, 3.8) is 0 Å². The Hall–Kier alpha value is -1.36. The molecule has 2 rings (SSSR count). The highest BCUT2D eigenvalue weighted by atomic mass is 32.1. The van der Waals surface area contributed by atoms with Crippen LogP contribution in [0.1, 0.15) is 48.9 Å². The molecule has 0 unspecified atom stereocenters. The first-order valence-electron chi connectivity index (χ1n) is 7.23. The van der Waals surface area contributed by atoms with Crippen molar-refractivity contribution < 1.29 is 5.11 Å². The Kier molecular flexibility index (Phi) is 4.81. The molecular weight excluding hydrogens is 270 g/mol. The third-order valence-corrected chi connectivity index (χ3v) is 4.29. The molecule has 0 aliphatic heterocycles. The predicted molar refractivity (Wildman–Crippen MR) is 86.3 cm³/mol. The van der Waals surface area contributed by atoms with Crippen molar-refractivity contribution in [2.75, 3.05) is 5.32 Å². The Morgan fingerprint density at radius 1 is 1.15 bits per heavy atom. The van der Waals surface area contributed by atoms with Crippen molar-refractivity contribution in [3.05, 3.63) is 16.8 Å². The number of hydrogen-bond acceptors (Lipinski definition) is 3. The normalized spacial score (nSPS) is 15.9. The molecule has 0 spiro atoms. The molecule has 0 aromatic carbocycles. The van der Waals surface area contributed by atoms with E-state index in [1.165, 1.54) is 32.1 Å². The van der Waals surface area contributed by atoms with Crippen LogP contribution in [0.15, 0.2) is 0 Å². The van der Waals surface area contributed by atoms with Crippen LogP contribution in [0.3, 0.4) is 0 Å². The fourth-order valence-electron chi connectivity index (χ4n) is 2.63. The number of aromatic nitrogens is 1. The molecule has 5 heteroatoms. The highest BCUT2D eigenvalue weighted by Gasteiger charge is 2.16. The molecule has 0 atom stereocenters. The standard InChI is InChI=1S/C15H23N3OS/c1-9-10(2)14(16-11(3)13(9)19)18-15(20)17-12-7-5-4-6-8-12/h12,19H,4-8H2,1-3H3,(H2,16,17,18,20). The van der Waals surface area contributed by atoms with E-state index in [-0.39, 0.29) is 5.75 Å². The molecule has 110 valence electrons. The number of nitrogens with one attached hydrogen (secondary N) is 2. The second-order valence-electron chi connectivity index (χ2n) is 5.58. The Morgan fingerprint density at radius 2 is 1.80 bits per heavy atom. The number of thiocarbonyl (C=S) groups is 1. The van der Waals surface area contributed by atoms with Crippen molar-refractivity contribution in [2.24, 2.45) is 0 Å². The molecule has 0 bridgehead atoms. The maximum Gasteiger partial charge on any atom is 0.172 e. The second kappa shape index (κ2) is 6.39. The molecule has 20 heavy (non-hydrogen) atoms. The average molecular weight is 293 g/mol. The van der Waals surface area contributed by atoms with E-state index in [0.717, 1.165) is 16.9 Å². The van der Waals surface area contributed by atoms with Crippen LogP contribution in [0.25, 0.3) is 0 Å². The average Bonchev–Trinajstić information content (AvgIpc) is 2.43. The minimum Gasteiger partial charge on any atom is -0.506 e. The third-order valence-electron chi connectivity index (χ3n) is 4.07. The fraction of sp³-hybridized carbons (Fsp3) is 0.600. The lowest BCUT2D eigenvalue weighted by atomic mass is 9.96. The molecule has 1 saturated carbocycles. The molecule has 1 aromatic rings. The van der Waals surface area contributed by atoms with Gasteiger partial charge >= 0.3 is 0 Å². The van der Waals surface area contributed by atoms with Crippen LogP contribution in [0.5, 0.6) is 5.75 Å². The van der Waals surface area contributed by atoms with Crippen LogP contribution < -0.4 is 10.6 Å². The van der Waals surface area contributed by atoms with Crippen LogP contribution in [0.4, 0.5) is 5.82 Å². The third kappa shape index (κ3) is 3.39. The SMILES string of the molecule is Cc1nc(NC(=S)NC2CCCCC2)c(C)c(C)c1O. The van der Waals surface area contributed by atoms with E-state index in [2.05, 4.69) is 15.6 Å². The summed E-state index contributed by atoms with van der Waals surface area (Å²) in [4.78, 5) is 4.38. The lowest BCUT2D eigenvalue weighted by Crippen LogP contribution is -2.39. The number of pyridine rings is 1. The van der Waals surface area contributed by atoms with Gasteiger partial charge in [-0.1, -0.05) is 19.3 Å². The van der Waals surface area contributed by atoms with Gasteiger partial charge in [0, 0.05) is 6.04 Å². The first-order valence-corrected chi connectivity index (χ1v) is 7.64. The lowest BCUT2D eigenvalue weighted by Gasteiger charge is -2.24. The maximum atomic E-state index is 9.87. The molecule has 1 heterocycles. The molecule has 1 aliphatic rings. The Labute approximate surface area is 126 Å². The van der Waals surface area contributed by atoms with Gasteiger partial charge in [-0.3, -0.25) is 0 Å². The van der Waals surface area contributed by atoms with E-state index in [1.807, 2.05) is 13.8 Å². The van der Waals surface area contributed by atoms with Crippen molar-refractivity contribution in [3.8, 4) is 5.75 Å². The molecule has 3 N–H and O–H groups in total. The molecular formula is C15H23N3OS. The van der Waals surface area contributed by atoms with Crippen molar-refractivity contribution in [2.45, 2.75) is 58.9 Å². The van der Waals surface area contributed by atoms with Crippen LogP contribution in [0.2, 0.25) is 0 Å². The lowest BCUT2D eigenvalue weighted by molar-refractivity contribution is 0.414. The Balaban J connectivity index is 2.04. The molecule has 1 aliphatic carbocycles. The van der Waals surface area contributed by atoms with E-state index in [0.29, 0.717) is 16.8 Å². The smallest absolute Gasteiger partial charge is 0.172 e. The molecule has 4 nitrogen and oxygen atoms in total. The van der Waals surface area contributed by atoms with Gasteiger partial charge in [-0.25, -0.2) is 4.98 Å². The highest BCUT2D eigenvalue weighted by molar-refractivity contribution is 7.80. The van der Waals surface area contributed by atoms with E-state index >= 15 is 0 Å². The summed E-state index contributed by atoms with van der Waals surface area (Å²) in [5.41, 5.74) is 2.40. The van der Waals surface area contributed by atoms with E-state index in [9.17, 15) is 5.11 Å². The van der Waals surface area contributed by atoms with Gasteiger partial charge in [0.2, 0.25) is 0 Å². The van der Waals surface area contributed by atoms with Crippen molar-refractivity contribution >= 4 is 23.1 Å². The minimum atomic E-state index is 0.263. The molecule has 0 amide bonds. The summed E-state index contributed by atoms with van der Waals surface area (Å²) < 4.78 is 0. The van der Waals surface area contributed by atoms with Crippen LogP contribution in [-0.2, 0) is 0 Å². The number of aryl methyl sites for hydroxylation is 1. The molecule has 1 fully saturated rings. The van der Waals surface area contributed by atoms with Gasteiger partial charge < -0.3 is 15.7 Å². The topological polar surface area (TPSA) is 57.2 Å². The van der Waals surface area contributed by atoms with Crippen LogP contribution in [0, 0.1) is 20.8 Å². The Bertz CT molecular complexity index is 510. The largest absolute Gasteiger partial charge is 0.506 e. The predicted octanol–water partition coefficient (Wildman–Crippen LogP) is 3.33. The first-order chi connectivity index (χ1) is 9.49. The highest BCUT2D eigenvalue weighted by Crippen LogP contribution is 2.27. The number of rotatable bonds is 2. The zero-order valence-corrected chi connectivity index (χ0v) is 13.2. The summed E-state index contributed by atoms with van der Waals surface area (Å²) in [5.74, 6) is 0.991. The quantitative estimate of drug-likeness (QED) is 0.730. The van der Waals surface area contributed by atoms with E-state index in [4.69, 9.17) is 12.2 Å². The van der Waals surface area contributed by atoms with E-state index in [1.54, 1.807) is 6.92 Å². The monoisotopic (exact) mass is 293 g/mol. The van der Waals surface area contributed by atoms with Gasteiger partial charge in [0.15, 0.2) is 5.11 Å². The zero-order chi connectivity index (χ0) is 14.7. The maximum absolute atomic E-state index is 9.87. The minimum absolute atomic E-state index is 0.263. The molecule has 0 radical (unpaired) electrons. The summed E-state index contributed by atoms with van der Waals surface area (Å²) >= 11 is 5.37. The van der Waals surface area contributed by atoms with Gasteiger partial charge in [-0.15, -0.1) is 0 Å². The molecule has 1 aromatic heterocycles. The summed E-state index contributed by atoms with van der Waals surface area (Å²) in [5, 5.41) is 17.0. The van der Waals surface area contributed by atoms with Gasteiger partial charge in [0.05, 0.1) is 5.69 Å². The number of nitrogens with zero attached hydrogens (tertiary/aromatic N) is 1. The molecule has 0 saturated heterocycles. The van der Waals surface area contributed by atoms with Gasteiger partial charge in [0.1, 0.15) is 11.6 Å². The number of hydrogen-bond donors (Lipinski definition) is 3. The fourth-order valence-corrected chi connectivity index (χ4v) is 2.89. The van der Waals surface area contributed by atoms with Crippen LogP contribution >= 0.6 is 12.2 Å². The van der Waals surface area contributed by atoms with Crippen molar-refractivity contribution in [1.82, 2.24) is 10.3 Å². The second-order valence-corrected chi connectivity index (χ2v) is 5.99. The number of aromatic hydroxyl groups is 1. The van der Waals surface area contributed by atoms with Gasteiger partial charge in [-0.05, 0) is 57.0 Å². The Morgan fingerprint density at radius 3 is 2.45 bits per heavy atom. The summed E-state index contributed by atoms with van der Waals surface area (Å²) in [7, 11) is 0. The first kappa shape index (κ1) is 15.0. The number of anilines is 1. The summed E-state index contributed by atoms with van der Waals surface area (Å²) in [6.07, 6.45) is 6.24. The van der Waals surface area contributed by atoms with E-state index < -0.39 is 0 Å². The van der Waals surface area contributed by atoms with Crippen LogP contribution in [-0.4, -0.2) is 21.2 Å². The van der Waals surface area contributed by atoms with Gasteiger partial charge in [0.25, 0.3) is 0 Å². The summed E-state index contributed by atoms with van der Waals surface area (Å²) in [6.45, 7) is 5.62. The van der Waals surface area contributed by atoms with Crippen molar-refractivity contribution in [1.29, 1.82) is 0 Å². The summed E-state index contributed by atoms with van der Waals surface area (Å²) in [6, 6.07) is 0.475. The zero-order valence-electron chi connectivity index (χ0n) is 12.4. The van der Waals surface area contributed by atoms with Gasteiger partial charge in [-0.2, -0.15) is 0 Å².